The highest BCUT2D eigenvalue weighted by Gasteiger charge is 2.13. The van der Waals surface area contributed by atoms with E-state index in [0.717, 1.165) is 10.0 Å². The number of esters is 1. The number of anilines is 1. The van der Waals surface area contributed by atoms with Crippen molar-refractivity contribution in [3.63, 3.8) is 0 Å². The Hall–Kier alpha value is -1.33. The Balaban J connectivity index is 2.10. The van der Waals surface area contributed by atoms with E-state index in [0.29, 0.717) is 15.7 Å². The first-order valence-electron chi connectivity index (χ1n) is 5.54. The number of carbonyl (C=O) groups excluding carboxylic acids is 1. The number of para-hydroxylation sites is 1. The van der Waals surface area contributed by atoms with Crippen LogP contribution >= 0.6 is 31.9 Å². The molecule has 0 radical (unpaired) electrons. The van der Waals surface area contributed by atoms with Gasteiger partial charge in [0.25, 0.3) is 0 Å². The topological polar surface area (TPSA) is 52.3 Å². The van der Waals surface area contributed by atoms with Crippen molar-refractivity contribution >= 4 is 43.5 Å². The van der Waals surface area contributed by atoms with Gasteiger partial charge in [-0.25, -0.2) is 4.79 Å². The molecule has 0 heterocycles. The van der Waals surface area contributed by atoms with Crippen LogP contribution in [0.25, 0.3) is 0 Å². The van der Waals surface area contributed by atoms with Gasteiger partial charge in [0.05, 0.1) is 11.3 Å². The minimum atomic E-state index is -0.436. The Bertz CT molecular complexity index is 614. The monoisotopic (exact) mass is 383 g/mol. The average Bonchev–Trinajstić information content (AvgIpc) is 2.40. The first-order valence-corrected chi connectivity index (χ1v) is 7.12. The molecule has 98 valence electrons. The van der Waals surface area contributed by atoms with E-state index in [1.807, 2.05) is 24.3 Å². The number of rotatable bonds is 3. The average molecular weight is 385 g/mol. The van der Waals surface area contributed by atoms with Crippen LogP contribution in [0, 0.1) is 0 Å². The van der Waals surface area contributed by atoms with E-state index in [1.165, 1.54) is 0 Å². The molecule has 19 heavy (non-hydrogen) atoms. The molecule has 0 bridgehead atoms. The summed E-state index contributed by atoms with van der Waals surface area (Å²) in [5.41, 5.74) is 7.48. The molecular formula is C14H11Br2NO2. The molecule has 0 amide bonds. The number of halogens is 2. The molecule has 0 saturated heterocycles. The highest BCUT2D eigenvalue weighted by atomic mass is 79.9. The molecule has 2 aromatic carbocycles. The zero-order valence-electron chi connectivity index (χ0n) is 9.90. The third-order valence-electron chi connectivity index (χ3n) is 2.59. The van der Waals surface area contributed by atoms with Crippen molar-refractivity contribution in [2.45, 2.75) is 6.61 Å². The first kappa shape index (κ1) is 14.1. The van der Waals surface area contributed by atoms with Gasteiger partial charge in [0.15, 0.2) is 0 Å². The second-order valence-corrected chi connectivity index (χ2v) is 5.58. The molecular weight excluding hydrogens is 374 g/mol. The summed E-state index contributed by atoms with van der Waals surface area (Å²) >= 11 is 6.69. The van der Waals surface area contributed by atoms with Gasteiger partial charge in [-0.1, -0.05) is 40.2 Å². The maximum absolute atomic E-state index is 12.0. The summed E-state index contributed by atoms with van der Waals surface area (Å²) in [6.07, 6.45) is 0. The van der Waals surface area contributed by atoms with Crippen LogP contribution in [0.2, 0.25) is 0 Å². The molecule has 0 aliphatic carbocycles. The molecule has 2 N–H and O–H groups in total. The van der Waals surface area contributed by atoms with Gasteiger partial charge in [-0.2, -0.15) is 0 Å². The molecule has 0 atom stereocenters. The van der Waals surface area contributed by atoms with E-state index >= 15 is 0 Å². The van der Waals surface area contributed by atoms with Crippen LogP contribution in [0.4, 0.5) is 5.69 Å². The largest absolute Gasteiger partial charge is 0.457 e. The fourth-order valence-corrected chi connectivity index (χ4v) is 2.32. The fourth-order valence-electron chi connectivity index (χ4n) is 1.55. The van der Waals surface area contributed by atoms with Crippen LogP contribution in [-0.2, 0) is 11.3 Å². The number of hydrogen-bond donors (Lipinski definition) is 1. The highest BCUT2D eigenvalue weighted by molar-refractivity contribution is 9.10. The van der Waals surface area contributed by atoms with Crippen LogP contribution < -0.4 is 5.73 Å². The Morgan fingerprint density at radius 3 is 2.47 bits per heavy atom. The van der Waals surface area contributed by atoms with Crippen molar-refractivity contribution in [3.05, 3.63) is 62.5 Å². The molecule has 0 aliphatic rings. The van der Waals surface area contributed by atoms with Crippen molar-refractivity contribution in [3.8, 4) is 0 Å². The molecule has 0 aliphatic heterocycles. The Kier molecular flexibility index (Phi) is 4.61. The first-order chi connectivity index (χ1) is 9.09. The number of ether oxygens (including phenoxy) is 1. The van der Waals surface area contributed by atoms with Gasteiger partial charge in [-0.15, -0.1) is 0 Å². The lowest BCUT2D eigenvalue weighted by Crippen LogP contribution is -2.08. The third kappa shape index (κ3) is 3.36. The molecule has 2 rings (SSSR count). The van der Waals surface area contributed by atoms with Crippen molar-refractivity contribution in [1.82, 2.24) is 0 Å². The maximum Gasteiger partial charge on any atom is 0.340 e. The predicted molar refractivity (Wildman–Crippen MR) is 81.8 cm³/mol. The number of carbonyl (C=O) groups is 1. The second kappa shape index (κ2) is 6.21. The molecule has 0 aromatic heterocycles. The van der Waals surface area contributed by atoms with Gasteiger partial charge in [0, 0.05) is 14.5 Å². The van der Waals surface area contributed by atoms with Crippen LogP contribution in [0.1, 0.15) is 15.9 Å². The Morgan fingerprint density at radius 1 is 1.05 bits per heavy atom. The van der Waals surface area contributed by atoms with Crippen molar-refractivity contribution in [2.75, 3.05) is 5.73 Å². The number of benzene rings is 2. The lowest BCUT2D eigenvalue weighted by Gasteiger charge is -2.09. The lowest BCUT2D eigenvalue weighted by atomic mass is 10.2. The summed E-state index contributed by atoms with van der Waals surface area (Å²) in [4.78, 5) is 12.0. The van der Waals surface area contributed by atoms with Crippen LogP contribution in [-0.4, -0.2) is 5.97 Å². The summed E-state index contributed by atoms with van der Waals surface area (Å²) in [5.74, 6) is -0.436. The summed E-state index contributed by atoms with van der Waals surface area (Å²) < 4.78 is 6.85. The minimum Gasteiger partial charge on any atom is -0.457 e. The molecule has 0 spiro atoms. The van der Waals surface area contributed by atoms with Gasteiger partial charge in [-0.3, -0.25) is 0 Å². The van der Waals surface area contributed by atoms with Crippen molar-refractivity contribution in [2.24, 2.45) is 0 Å². The summed E-state index contributed by atoms with van der Waals surface area (Å²) in [7, 11) is 0. The van der Waals surface area contributed by atoms with E-state index in [-0.39, 0.29) is 6.61 Å². The van der Waals surface area contributed by atoms with Crippen LogP contribution in [0.15, 0.2) is 51.4 Å². The normalized spacial score (nSPS) is 10.2. The quantitative estimate of drug-likeness (QED) is 0.638. The van der Waals surface area contributed by atoms with Gasteiger partial charge < -0.3 is 10.5 Å². The van der Waals surface area contributed by atoms with Gasteiger partial charge in [0.2, 0.25) is 0 Å². The van der Waals surface area contributed by atoms with E-state index in [4.69, 9.17) is 10.5 Å². The summed E-state index contributed by atoms with van der Waals surface area (Å²) in [5, 5.41) is 0. The zero-order valence-corrected chi connectivity index (χ0v) is 13.1. The number of hydrogen-bond acceptors (Lipinski definition) is 3. The van der Waals surface area contributed by atoms with E-state index in [1.54, 1.807) is 18.2 Å². The maximum atomic E-state index is 12.0. The summed E-state index contributed by atoms with van der Waals surface area (Å²) in [6.45, 7) is 0.201. The van der Waals surface area contributed by atoms with Gasteiger partial charge >= 0.3 is 5.97 Å². The SMILES string of the molecule is Nc1c(Br)cccc1C(=O)OCc1ccccc1Br. The third-order valence-corrected chi connectivity index (χ3v) is 4.05. The highest BCUT2D eigenvalue weighted by Crippen LogP contribution is 2.24. The molecule has 2 aromatic rings. The standard InChI is InChI=1S/C14H11Br2NO2/c15-11-6-2-1-4-9(11)8-19-14(18)10-5-3-7-12(16)13(10)17/h1-7H,8,17H2. The van der Waals surface area contributed by atoms with Crippen molar-refractivity contribution in [1.29, 1.82) is 0 Å². The van der Waals surface area contributed by atoms with Crippen LogP contribution in [0.5, 0.6) is 0 Å². The molecule has 0 saturated carbocycles. The molecule has 3 nitrogen and oxygen atoms in total. The van der Waals surface area contributed by atoms with E-state index in [2.05, 4.69) is 31.9 Å². The van der Waals surface area contributed by atoms with Gasteiger partial charge in [-0.05, 0) is 34.1 Å². The van der Waals surface area contributed by atoms with Gasteiger partial charge in [0.1, 0.15) is 6.61 Å². The number of nitrogen functional groups attached to an aromatic ring is 1. The zero-order chi connectivity index (χ0) is 13.8. The van der Waals surface area contributed by atoms with Crippen LogP contribution in [0.3, 0.4) is 0 Å². The second-order valence-electron chi connectivity index (χ2n) is 3.87. The summed E-state index contributed by atoms with van der Waals surface area (Å²) in [6, 6.07) is 12.7. The minimum absolute atomic E-state index is 0.201. The fraction of sp³-hybridized carbons (Fsp3) is 0.0714. The molecule has 0 fully saturated rings. The predicted octanol–water partition coefficient (Wildman–Crippen LogP) is 4.15. The van der Waals surface area contributed by atoms with E-state index in [9.17, 15) is 4.79 Å². The Labute approximate surface area is 128 Å². The van der Waals surface area contributed by atoms with E-state index < -0.39 is 5.97 Å². The lowest BCUT2D eigenvalue weighted by molar-refractivity contribution is 0.0473. The molecule has 5 heteroatoms. The Morgan fingerprint density at radius 2 is 1.74 bits per heavy atom. The smallest absolute Gasteiger partial charge is 0.340 e. The number of nitrogens with two attached hydrogens (primary N) is 1. The van der Waals surface area contributed by atoms with Crippen molar-refractivity contribution < 1.29 is 9.53 Å². The molecule has 0 unspecified atom stereocenters.